The Bertz CT molecular complexity index is 2800. The Morgan fingerprint density at radius 2 is 0.840 bits per heavy atom. The van der Waals surface area contributed by atoms with Gasteiger partial charge in [-0.05, 0) is 78.9 Å². The van der Waals surface area contributed by atoms with Gasteiger partial charge in [0.05, 0.1) is 11.4 Å². The predicted molar refractivity (Wildman–Crippen MR) is 213 cm³/mol. The Hall–Kier alpha value is -6.36. The molecule has 0 saturated heterocycles. The minimum Gasteiger partial charge on any atom is -0.456 e. The standard InChI is InChI=1S/C46H30N2OS/c1-3-13-31(14-4-1)47(32-15-5-2-6-16-32)41-21-11-20-36-35(41)19-12-22-42(36)48(33-26-28-46-40(29-33)39-18-8-10-24-45(39)50-46)34-25-27-38-37-17-7-9-23-43(37)49-44(38)30-34/h1-30H. The van der Waals surface area contributed by atoms with E-state index in [0.717, 1.165) is 66.8 Å². The normalized spacial score (nSPS) is 11.6. The molecule has 0 spiro atoms. The number of para-hydroxylation sites is 3. The van der Waals surface area contributed by atoms with Crippen LogP contribution in [-0.4, -0.2) is 0 Å². The molecule has 0 unspecified atom stereocenters. The summed E-state index contributed by atoms with van der Waals surface area (Å²) in [6, 6.07) is 65.0. The Morgan fingerprint density at radius 3 is 1.56 bits per heavy atom. The highest BCUT2D eigenvalue weighted by atomic mass is 32.1. The van der Waals surface area contributed by atoms with E-state index in [1.807, 2.05) is 23.5 Å². The smallest absolute Gasteiger partial charge is 0.137 e. The van der Waals surface area contributed by atoms with Crippen LogP contribution in [0.5, 0.6) is 0 Å². The number of fused-ring (bicyclic) bond motifs is 7. The Kier molecular flexibility index (Phi) is 6.68. The van der Waals surface area contributed by atoms with Crippen molar-refractivity contribution < 1.29 is 4.42 Å². The second-order valence-corrected chi connectivity index (χ2v) is 13.6. The van der Waals surface area contributed by atoms with Crippen molar-refractivity contribution in [3.05, 3.63) is 182 Å². The van der Waals surface area contributed by atoms with Gasteiger partial charge in [-0.25, -0.2) is 0 Å². The summed E-state index contributed by atoms with van der Waals surface area (Å²) in [4.78, 5) is 4.74. The first-order valence-corrected chi connectivity index (χ1v) is 17.7. The molecule has 8 aromatic carbocycles. The number of benzene rings is 8. The molecule has 236 valence electrons. The lowest BCUT2D eigenvalue weighted by atomic mass is 10.0. The van der Waals surface area contributed by atoms with Crippen molar-refractivity contribution >= 4 is 98.3 Å². The zero-order valence-electron chi connectivity index (χ0n) is 27.0. The van der Waals surface area contributed by atoms with Crippen LogP contribution in [-0.2, 0) is 0 Å². The summed E-state index contributed by atoms with van der Waals surface area (Å²) in [6.07, 6.45) is 0. The van der Waals surface area contributed by atoms with E-state index in [2.05, 4.69) is 180 Å². The summed E-state index contributed by atoms with van der Waals surface area (Å²) >= 11 is 1.84. The van der Waals surface area contributed by atoms with Gasteiger partial charge in [-0.2, -0.15) is 0 Å². The lowest BCUT2D eigenvalue weighted by Gasteiger charge is -2.29. The van der Waals surface area contributed by atoms with E-state index in [1.54, 1.807) is 0 Å². The number of rotatable bonds is 6. The van der Waals surface area contributed by atoms with E-state index in [4.69, 9.17) is 4.42 Å². The summed E-state index contributed by atoms with van der Waals surface area (Å²) in [6.45, 7) is 0. The minimum absolute atomic E-state index is 0.871. The van der Waals surface area contributed by atoms with Gasteiger partial charge in [-0.3, -0.25) is 0 Å². The van der Waals surface area contributed by atoms with Gasteiger partial charge in [-0.15, -0.1) is 11.3 Å². The fraction of sp³-hybridized carbons (Fsp3) is 0. The summed E-state index contributed by atoms with van der Waals surface area (Å²) in [5.74, 6) is 0. The van der Waals surface area contributed by atoms with Crippen LogP contribution in [0.2, 0.25) is 0 Å². The molecule has 10 rings (SSSR count). The summed E-state index contributed by atoms with van der Waals surface area (Å²) < 4.78 is 9.01. The first-order chi connectivity index (χ1) is 24.8. The zero-order chi connectivity index (χ0) is 33.0. The largest absolute Gasteiger partial charge is 0.456 e. The van der Waals surface area contributed by atoms with Crippen molar-refractivity contribution in [3.8, 4) is 0 Å². The molecule has 0 aliphatic heterocycles. The van der Waals surface area contributed by atoms with Crippen molar-refractivity contribution in [2.45, 2.75) is 0 Å². The molecule has 0 atom stereocenters. The van der Waals surface area contributed by atoms with Crippen molar-refractivity contribution in [1.29, 1.82) is 0 Å². The molecule has 2 aromatic heterocycles. The zero-order valence-corrected chi connectivity index (χ0v) is 27.8. The Balaban J connectivity index is 1.23. The van der Waals surface area contributed by atoms with Crippen LogP contribution in [0, 0.1) is 0 Å². The molecule has 4 heteroatoms. The molecular weight excluding hydrogens is 629 g/mol. The lowest BCUT2D eigenvalue weighted by Crippen LogP contribution is -2.12. The molecule has 0 amide bonds. The van der Waals surface area contributed by atoms with Crippen LogP contribution in [0.15, 0.2) is 186 Å². The number of hydrogen-bond acceptors (Lipinski definition) is 4. The first kappa shape index (κ1) is 28.6. The molecule has 10 aromatic rings. The quantitative estimate of drug-likeness (QED) is 0.177. The monoisotopic (exact) mass is 658 g/mol. The highest BCUT2D eigenvalue weighted by Gasteiger charge is 2.21. The number of anilines is 6. The van der Waals surface area contributed by atoms with Crippen molar-refractivity contribution in [1.82, 2.24) is 0 Å². The van der Waals surface area contributed by atoms with E-state index in [-0.39, 0.29) is 0 Å². The van der Waals surface area contributed by atoms with Crippen LogP contribution in [0.1, 0.15) is 0 Å². The summed E-state index contributed by atoms with van der Waals surface area (Å²) in [5, 5.41) is 7.10. The van der Waals surface area contributed by atoms with Crippen molar-refractivity contribution in [2.75, 3.05) is 9.80 Å². The molecule has 0 aliphatic carbocycles. The summed E-state index contributed by atoms with van der Waals surface area (Å²) in [7, 11) is 0. The summed E-state index contributed by atoms with van der Waals surface area (Å²) in [5.41, 5.74) is 8.34. The average Bonchev–Trinajstić information content (AvgIpc) is 3.74. The van der Waals surface area contributed by atoms with Crippen molar-refractivity contribution in [2.24, 2.45) is 0 Å². The average molecular weight is 659 g/mol. The van der Waals surface area contributed by atoms with Gasteiger partial charge < -0.3 is 14.2 Å². The second kappa shape index (κ2) is 11.7. The highest BCUT2D eigenvalue weighted by Crippen LogP contribution is 2.46. The SMILES string of the molecule is c1ccc(N(c2ccccc2)c2cccc3c(N(c4ccc5c(c4)oc4ccccc45)c4ccc5sc6ccccc6c5c4)cccc23)cc1. The number of thiophene rings is 1. The number of nitrogens with zero attached hydrogens (tertiary/aromatic N) is 2. The van der Waals surface area contributed by atoms with Crippen LogP contribution in [0.3, 0.4) is 0 Å². The lowest BCUT2D eigenvalue weighted by molar-refractivity contribution is 0.669. The van der Waals surface area contributed by atoms with Crippen LogP contribution in [0.25, 0.3) is 52.9 Å². The maximum atomic E-state index is 6.43. The molecule has 3 nitrogen and oxygen atoms in total. The Labute approximate surface area is 293 Å². The fourth-order valence-electron chi connectivity index (χ4n) is 7.38. The minimum atomic E-state index is 0.871. The molecular formula is C46H30N2OS. The maximum Gasteiger partial charge on any atom is 0.137 e. The topological polar surface area (TPSA) is 19.6 Å². The van der Waals surface area contributed by atoms with E-state index in [1.165, 1.54) is 20.2 Å². The molecule has 0 fully saturated rings. The third-order valence-electron chi connectivity index (χ3n) is 9.63. The first-order valence-electron chi connectivity index (χ1n) is 16.8. The van der Waals surface area contributed by atoms with Gasteiger partial charge in [0.15, 0.2) is 0 Å². The molecule has 2 heterocycles. The molecule has 50 heavy (non-hydrogen) atoms. The van der Waals surface area contributed by atoms with E-state index in [0.29, 0.717) is 0 Å². The van der Waals surface area contributed by atoms with Gasteiger partial charge in [0, 0.05) is 70.5 Å². The van der Waals surface area contributed by atoms with Gasteiger partial charge in [-0.1, -0.05) is 97.1 Å². The maximum absolute atomic E-state index is 6.43. The van der Waals surface area contributed by atoms with E-state index < -0.39 is 0 Å². The van der Waals surface area contributed by atoms with Crippen LogP contribution >= 0.6 is 11.3 Å². The molecule has 0 bridgehead atoms. The van der Waals surface area contributed by atoms with Gasteiger partial charge >= 0.3 is 0 Å². The number of hydrogen-bond donors (Lipinski definition) is 0. The van der Waals surface area contributed by atoms with E-state index >= 15 is 0 Å². The van der Waals surface area contributed by atoms with E-state index in [9.17, 15) is 0 Å². The number of furan rings is 1. The molecule has 0 aliphatic rings. The molecule has 0 radical (unpaired) electrons. The van der Waals surface area contributed by atoms with Crippen molar-refractivity contribution in [3.63, 3.8) is 0 Å². The van der Waals surface area contributed by atoms with Gasteiger partial charge in [0.25, 0.3) is 0 Å². The fourth-order valence-corrected chi connectivity index (χ4v) is 8.47. The highest BCUT2D eigenvalue weighted by molar-refractivity contribution is 7.25. The van der Waals surface area contributed by atoms with Crippen LogP contribution in [0.4, 0.5) is 34.1 Å². The van der Waals surface area contributed by atoms with Gasteiger partial charge in [0.1, 0.15) is 11.2 Å². The third kappa shape index (κ3) is 4.65. The molecule has 0 saturated carbocycles. The third-order valence-corrected chi connectivity index (χ3v) is 10.8. The van der Waals surface area contributed by atoms with Crippen LogP contribution < -0.4 is 9.80 Å². The Morgan fingerprint density at radius 1 is 0.320 bits per heavy atom. The van der Waals surface area contributed by atoms with Gasteiger partial charge in [0.2, 0.25) is 0 Å². The second-order valence-electron chi connectivity index (χ2n) is 12.5. The molecule has 0 N–H and O–H groups in total. The predicted octanol–water partition coefficient (Wildman–Crippen LogP) is 14.0.